The maximum atomic E-state index is 12.5. The molecule has 0 aliphatic carbocycles. The van der Waals surface area contributed by atoms with Gasteiger partial charge in [-0.05, 0) is 31.4 Å². The van der Waals surface area contributed by atoms with Crippen molar-refractivity contribution in [3.8, 4) is 0 Å². The Hall–Kier alpha value is -2.86. The van der Waals surface area contributed by atoms with Crippen molar-refractivity contribution in [2.75, 3.05) is 33.9 Å². The summed E-state index contributed by atoms with van der Waals surface area (Å²) in [5.41, 5.74) is 2.19. The molecule has 1 N–H and O–H groups in total. The highest BCUT2D eigenvalue weighted by Crippen LogP contribution is 2.25. The van der Waals surface area contributed by atoms with Gasteiger partial charge in [0, 0.05) is 27.2 Å². The van der Waals surface area contributed by atoms with Crippen LogP contribution >= 0.6 is 0 Å². The zero-order chi connectivity index (χ0) is 22.0. The summed E-state index contributed by atoms with van der Waals surface area (Å²) in [6, 6.07) is 17.5. The molecule has 0 saturated carbocycles. The Morgan fingerprint density at radius 1 is 1.10 bits per heavy atom. The Balaban J connectivity index is 1.78. The molecule has 162 valence electrons. The second kappa shape index (κ2) is 11.4. The molecule has 6 nitrogen and oxygen atoms in total. The van der Waals surface area contributed by atoms with Gasteiger partial charge >= 0.3 is 6.09 Å². The van der Waals surface area contributed by atoms with Crippen molar-refractivity contribution in [2.45, 2.75) is 32.3 Å². The third-order valence-electron chi connectivity index (χ3n) is 5.07. The Morgan fingerprint density at radius 2 is 1.83 bits per heavy atom. The molecular weight excluding hydrogens is 380 g/mol. The van der Waals surface area contributed by atoms with E-state index in [1.807, 2.05) is 68.4 Å². The average molecular weight is 413 g/mol. The SMILES string of the molecule is CNC(=O)C(C)(COCCCN(C)C(=O)OCc1ccccc1)c1cccc(C)c1. The van der Waals surface area contributed by atoms with Crippen LogP contribution < -0.4 is 5.32 Å². The summed E-state index contributed by atoms with van der Waals surface area (Å²) >= 11 is 0. The topological polar surface area (TPSA) is 67.9 Å². The minimum Gasteiger partial charge on any atom is -0.445 e. The predicted octanol–water partition coefficient (Wildman–Crippen LogP) is 3.67. The van der Waals surface area contributed by atoms with E-state index in [4.69, 9.17) is 9.47 Å². The smallest absolute Gasteiger partial charge is 0.409 e. The molecule has 1 unspecified atom stereocenters. The Morgan fingerprint density at radius 3 is 2.50 bits per heavy atom. The number of amides is 2. The molecule has 2 aromatic rings. The second-order valence-corrected chi connectivity index (χ2v) is 7.65. The normalized spacial score (nSPS) is 12.7. The number of hydrogen-bond donors (Lipinski definition) is 1. The molecule has 30 heavy (non-hydrogen) atoms. The van der Waals surface area contributed by atoms with Crippen LogP contribution in [-0.2, 0) is 26.3 Å². The zero-order valence-electron chi connectivity index (χ0n) is 18.3. The molecule has 6 heteroatoms. The number of ether oxygens (including phenoxy) is 2. The van der Waals surface area contributed by atoms with Crippen LogP contribution in [0, 0.1) is 6.92 Å². The number of carbonyl (C=O) groups is 2. The molecule has 0 bridgehead atoms. The van der Waals surface area contributed by atoms with E-state index in [9.17, 15) is 9.59 Å². The Labute approximate surface area is 179 Å². The molecule has 0 radical (unpaired) electrons. The highest BCUT2D eigenvalue weighted by atomic mass is 16.6. The van der Waals surface area contributed by atoms with Crippen molar-refractivity contribution in [1.82, 2.24) is 10.2 Å². The van der Waals surface area contributed by atoms with Crippen LogP contribution in [-0.4, -0.2) is 50.8 Å². The molecule has 2 aromatic carbocycles. The van der Waals surface area contributed by atoms with Gasteiger partial charge in [0.1, 0.15) is 6.61 Å². The first kappa shape index (κ1) is 23.4. The predicted molar refractivity (Wildman–Crippen MR) is 117 cm³/mol. The van der Waals surface area contributed by atoms with Crippen molar-refractivity contribution in [3.05, 3.63) is 71.3 Å². The molecule has 0 aliphatic rings. The lowest BCUT2D eigenvalue weighted by Gasteiger charge is -2.28. The lowest BCUT2D eigenvalue weighted by Crippen LogP contribution is -2.44. The number of hydrogen-bond acceptors (Lipinski definition) is 4. The van der Waals surface area contributed by atoms with E-state index < -0.39 is 5.41 Å². The fourth-order valence-corrected chi connectivity index (χ4v) is 3.15. The van der Waals surface area contributed by atoms with Crippen LogP contribution in [0.25, 0.3) is 0 Å². The first-order chi connectivity index (χ1) is 14.4. The van der Waals surface area contributed by atoms with Crippen LogP contribution in [0.1, 0.15) is 30.0 Å². The van der Waals surface area contributed by atoms with Crippen LogP contribution in [0.15, 0.2) is 54.6 Å². The number of aryl methyl sites for hydroxylation is 1. The van der Waals surface area contributed by atoms with Crippen molar-refractivity contribution in [3.63, 3.8) is 0 Å². The van der Waals surface area contributed by atoms with Gasteiger partial charge in [-0.2, -0.15) is 0 Å². The highest BCUT2D eigenvalue weighted by molar-refractivity contribution is 5.87. The Kier molecular flexibility index (Phi) is 8.87. The molecule has 0 saturated heterocycles. The van der Waals surface area contributed by atoms with Gasteiger partial charge in [0.2, 0.25) is 5.91 Å². The second-order valence-electron chi connectivity index (χ2n) is 7.65. The van der Waals surface area contributed by atoms with Crippen molar-refractivity contribution in [2.24, 2.45) is 0 Å². The fraction of sp³-hybridized carbons (Fsp3) is 0.417. The molecule has 0 aliphatic heterocycles. The third-order valence-corrected chi connectivity index (χ3v) is 5.07. The van der Waals surface area contributed by atoms with Gasteiger partial charge < -0.3 is 19.7 Å². The van der Waals surface area contributed by atoms with Crippen LogP contribution in [0.4, 0.5) is 4.79 Å². The maximum absolute atomic E-state index is 12.5. The first-order valence-corrected chi connectivity index (χ1v) is 10.2. The summed E-state index contributed by atoms with van der Waals surface area (Å²) in [5, 5.41) is 2.74. The standard InChI is InChI=1S/C24H32N2O4/c1-19-10-8-13-21(16-19)24(2,22(27)25-3)18-29-15-9-14-26(4)23(28)30-17-20-11-6-5-7-12-20/h5-8,10-13,16H,9,14-15,17-18H2,1-4H3,(H,25,27). The van der Waals surface area contributed by atoms with Crippen LogP contribution in [0.3, 0.4) is 0 Å². The third kappa shape index (κ3) is 6.59. The van der Waals surface area contributed by atoms with Gasteiger partial charge in [0.25, 0.3) is 0 Å². The summed E-state index contributed by atoms with van der Waals surface area (Å²) in [6.45, 7) is 5.35. The number of rotatable bonds is 10. The van der Waals surface area contributed by atoms with E-state index >= 15 is 0 Å². The molecule has 0 spiro atoms. The van der Waals surface area contributed by atoms with E-state index in [0.29, 0.717) is 19.6 Å². The van der Waals surface area contributed by atoms with Crippen molar-refractivity contribution < 1.29 is 19.1 Å². The molecular formula is C24H32N2O4. The summed E-state index contributed by atoms with van der Waals surface area (Å²) in [5.74, 6) is -0.0882. The van der Waals surface area contributed by atoms with Crippen molar-refractivity contribution in [1.29, 1.82) is 0 Å². The molecule has 0 fully saturated rings. The first-order valence-electron chi connectivity index (χ1n) is 10.2. The van der Waals surface area contributed by atoms with E-state index in [2.05, 4.69) is 5.32 Å². The molecule has 2 rings (SSSR count). The number of nitrogens with zero attached hydrogens (tertiary/aromatic N) is 1. The molecule has 1 atom stereocenters. The van der Waals surface area contributed by atoms with Crippen molar-refractivity contribution >= 4 is 12.0 Å². The van der Waals surface area contributed by atoms with Gasteiger partial charge in [-0.15, -0.1) is 0 Å². The van der Waals surface area contributed by atoms with E-state index in [0.717, 1.165) is 16.7 Å². The van der Waals surface area contributed by atoms with Gasteiger partial charge in [0.05, 0.1) is 12.0 Å². The van der Waals surface area contributed by atoms with Gasteiger partial charge in [-0.1, -0.05) is 60.2 Å². The number of nitrogens with one attached hydrogen (secondary N) is 1. The molecule has 2 amide bonds. The summed E-state index contributed by atoms with van der Waals surface area (Å²) in [6.07, 6.45) is 0.281. The van der Waals surface area contributed by atoms with Gasteiger partial charge in [-0.3, -0.25) is 4.79 Å². The molecule has 0 aromatic heterocycles. The summed E-state index contributed by atoms with van der Waals surface area (Å²) in [4.78, 5) is 26.2. The Bertz CT molecular complexity index is 825. The quantitative estimate of drug-likeness (QED) is 0.605. The number of carbonyl (C=O) groups excluding carboxylic acids is 2. The number of likely N-dealkylation sites (N-methyl/N-ethyl adjacent to an activating group) is 1. The van der Waals surface area contributed by atoms with Gasteiger partial charge in [-0.25, -0.2) is 4.79 Å². The highest BCUT2D eigenvalue weighted by Gasteiger charge is 2.35. The fourth-order valence-electron chi connectivity index (χ4n) is 3.15. The average Bonchev–Trinajstić information content (AvgIpc) is 2.76. The zero-order valence-corrected chi connectivity index (χ0v) is 18.3. The largest absolute Gasteiger partial charge is 0.445 e. The lowest BCUT2D eigenvalue weighted by molar-refractivity contribution is -0.128. The van der Waals surface area contributed by atoms with Gasteiger partial charge in [0.15, 0.2) is 0 Å². The summed E-state index contributed by atoms with van der Waals surface area (Å²) in [7, 11) is 3.33. The maximum Gasteiger partial charge on any atom is 0.409 e. The van der Waals surface area contributed by atoms with Crippen LogP contribution in [0.5, 0.6) is 0 Å². The lowest BCUT2D eigenvalue weighted by atomic mass is 9.81. The minimum atomic E-state index is -0.777. The minimum absolute atomic E-state index is 0.0882. The van der Waals surface area contributed by atoms with E-state index in [1.54, 1.807) is 14.1 Å². The molecule has 0 heterocycles. The summed E-state index contributed by atoms with van der Waals surface area (Å²) < 4.78 is 11.1. The van der Waals surface area contributed by atoms with E-state index in [1.165, 1.54) is 4.90 Å². The van der Waals surface area contributed by atoms with E-state index in [-0.39, 0.29) is 25.2 Å². The van der Waals surface area contributed by atoms with Crippen LogP contribution in [0.2, 0.25) is 0 Å². The monoisotopic (exact) mass is 412 g/mol. The number of benzene rings is 2.